The predicted molar refractivity (Wildman–Crippen MR) is 116 cm³/mol. The fourth-order valence-electron chi connectivity index (χ4n) is 3.50. The third kappa shape index (κ3) is 4.72. The number of amides is 1. The molecule has 0 aliphatic carbocycles. The fourth-order valence-corrected chi connectivity index (χ4v) is 4.84. The third-order valence-electron chi connectivity index (χ3n) is 4.93. The highest BCUT2D eigenvalue weighted by Crippen LogP contribution is 2.36. The maximum absolute atomic E-state index is 13.0. The van der Waals surface area contributed by atoms with Crippen LogP contribution in [0.3, 0.4) is 0 Å². The van der Waals surface area contributed by atoms with Crippen LogP contribution in [0.1, 0.15) is 23.2 Å². The van der Waals surface area contributed by atoms with Gasteiger partial charge in [0.25, 0.3) is 5.91 Å². The van der Waals surface area contributed by atoms with Gasteiger partial charge in [-0.05, 0) is 41.5 Å². The van der Waals surface area contributed by atoms with Gasteiger partial charge in [0, 0.05) is 17.4 Å². The fraction of sp³-hybridized carbons (Fsp3) is 0.261. The minimum Gasteiger partial charge on any atom is -0.479 e. The topological polar surface area (TPSA) is 78.8 Å². The molecule has 1 aliphatic rings. The number of carbonyl (C=O) groups is 1. The van der Waals surface area contributed by atoms with Crippen molar-refractivity contribution >= 4 is 34.1 Å². The van der Waals surface area contributed by atoms with E-state index in [-0.39, 0.29) is 23.2 Å². The molecule has 3 atom stereocenters. The number of benzene rings is 3. The predicted octanol–water partition coefficient (Wildman–Crippen LogP) is 4.05. The second kappa shape index (κ2) is 8.86. The summed E-state index contributed by atoms with van der Waals surface area (Å²) in [5, 5.41) is 24.4. The van der Waals surface area contributed by atoms with Crippen molar-refractivity contribution in [2.45, 2.75) is 29.6 Å². The molecule has 1 fully saturated rings. The minimum atomic E-state index is -0.527. The van der Waals surface area contributed by atoms with Crippen LogP contribution in [0, 0.1) is 0 Å². The number of carbonyl (C=O) groups excluding carboxylic acids is 1. The highest BCUT2D eigenvalue weighted by Gasteiger charge is 2.30. The Kier molecular flexibility index (Phi) is 6.04. The van der Waals surface area contributed by atoms with Crippen LogP contribution < -0.4 is 10.1 Å². The van der Waals surface area contributed by atoms with Gasteiger partial charge in [0.15, 0.2) is 0 Å². The minimum absolute atomic E-state index is 0.0132. The quantitative estimate of drug-likeness (QED) is 0.593. The number of fused-ring (bicyclic) bond motifs is 1. The second-order valence-corrected chi connectivity index (χ2v) is 8.59. The van der Waals surface area contributed by atoms with E-state index in [1.54, 1.807) is 0 Å². The Hall–Kier alpha value is -2.54. The lowest BCUT2D eigenvalue weighted by Gasteiger charge is -2.31. The maximum Gasteiger partial charge on any atom is 0.259 e. The Labute approximate surface area is 173 Å². The van der Waals surface area contributed by atoms with Gasteiger partial charge in [-0.1, -0.05) is 42.5 Å². The molecule has 29 heavy (non-hydrogen) atoms. The first-order chi connectivity index (χ1) is 14.1. The first-order valence-electron chi connectivity index (χ1n) is 9.62. The van der Waals surface area contributed by atoms with Gasteiger partial charge in [-0.3, -0.25) is 4.79 Å². The van der Waals surface area contributed by atoms with Gasteiger partial charge in [-0.25, -0.2) is 0 Å². The van der Waals surface area contributed by atoms with Crippen molar-refractivity contribution in [1.82, 2.24) is 0 Å². The van der Waals surface area contributed by atoms with Crippen LogP contribution in [-0.4, -0.2) is 39.5 Å². The Morgan fingerprint density at radius 1 is 1.03 bits per heavy atom. The Morgan fingerprint density at radius 3 is 2.45 bits per heavy atom. The van der Waals surface area contributed by atoms with E-state index < -0.39 is 6.10 Å². The zero-order chi connectivity index (χ0) is 20.2. The summed E-state index contributed by atoms with van der Waals surface area (Å²) in [5.41, 5.74) is 0.813. The number of hydrogen-bond acceptors (Lipinski definition) is 5. The molecule has 0 bridgehead atoms. The van der Waals surface area contributed by atoms with Crippen LogP contribution in [0.4, 0.5) is 5.69 Å². The first-order valence-corrected chi connectivity index (χ1v) is 10.6. The van der Waals surface area contributed by atoms with Crippen LogP contribution in [0.5, 0.6) is 5.75 Å². The number of ether oxygens (including phenoxy) is 1. The number of aliphatic hydroxyl groups excluding tert-OH is 2. The van der Waals surface area contributed by atoms with Crippen molar-refractivity contribution < 1.29 is 19.7 Å². The largest absolute Gasteiger partial charge is 0.479 e. The van der Waals surface area contributed by atoms with Crippen molar-refractivity contribution in [1.29, 1.82) is 0 Å². The Balaban J connectivity index is 1.66. The standard InChI is InChI=1S/C23H23NO4S/c25-14-19-12-18(26)13-22(29-19)28-21-11-16-7-5-4-6-15(16)10-20(21)23(27)24-17-8-2-1-3-9-17/h1-11,18-19,22,25-26H,12-14H2,(H,24,27)/t18-,19-,22+/m0/s1. The molecule has 0 aromatic heterocycles. The van der Waals surface area contributed by atoms with Crippen LogP contribution in [0.15, 0.2) is 66.7 Å². The smallest absolute Gasteiger partial charge is 0.259 e. The van der Waals surface area contributed by atoms with Gasteiger partial charge < -0.3 is 20.3 Å². The molecule has 1 aliphatic heterocycles. The molecule has 3 N–H and O–H groups in total. The molecule has 5 nitrogen and oxygen atoms in total. The molecule has 4 rings (SSSR count). The molecule has 0 saturated carbocycles. The van der Waals surface area contributed by atoms with E-state index in [9.17, 15) is 15.0 Å². The van der Waals surface area contributed by atoms with Gasteiger partial charge in [0.2, 0.25) is 0 Å². The highest BCUT2D eigenvalue weighted by molar-refractivity contribution is 8.00. The molecule has 3 aromatic carbocycles. The van der Waals surface area contributed by atoms with Crippen LogP contribution in [0.25, 0.3) is 10.8 Å². The van der Waals surface area contributed by atoms with Crippen LogP contribution >= 0.6 is 11.8 Å². The number of aliphatic hydroxyl groups is 2. The molecule has 3 aromatic rings. The molecule has 0 unspecified atom stereocenters. The molecule has 0 radical (unpaired) electrons. The Morgan fingerprint density at radius 2 is 1.72 bits per heavy atom. The molecule has 0 spiro atoms. The SMILES string of the molecule is O=C(Nc1ccccc1)c1cc2ccccc2cc1O[C@H]1C[C@@H](O)C[C@@H](CO)S1. The lowest BCUT2D eigenvalue weighted by molar-refractivity contribution is 0.0991. The van der Waals surface area contributed by atoms with Crippen molar-refractivity contribution in [2.75, 3.05) is 11.9 Å². The lowest BCUT2D eigenvalue weighted by Crippen LogP contribution is -2.33. The van der Waals surface area contributed by atoms with Crippen LogP contribution in [-0.2, 0) is 0 Å². The number of rotatable bonds is 5. The normalized spacial score (nSPS) is 21.7. The summed E-state index contributed by atoms with van der Waals surface area (Å²) < 4.78 is 6.19. The molecule has 1 saturated heterocycles. The second-order valence-electron chi connectivity index (χ2n) is 7.13. The maximum atomic E-state index is 13.0. The monoisotopic (exact) mass is 409 g/mol. The summed E-state index contributed by atoms with van der Waals surface area (Å²) in [7, 11) is 0. The number of nitrogens with one attached hydrogen (secondary N) is 1. The molecular weight excluding hydrogens is 386 g/mol. The van der Waals surface area contributed by atoms with Crippen molar-refractivity contribution in [3.8, 4) is 5.75 Å². The molecule has 1 amide bonds. The van der Waals surface area contributed by atoms with Crippen molar-refractivity contribution in [3.63, 3.8) is 0 Å². The summed E-state index contributed by atoms with van der Waals surface area (Å²) in [6, 6.07) is 20.8. The number of para-hydroxylation sites is 1. The zero-order valence-corrected chi connectivity index (χ0v) is 16.6. The van der Waals surface area contributed by atoms with Crippen molar-refractivity contribution in [3.05, 3.63) is 72.3 Å². The van der Waals surface area contributed by atoms with E-state index in [4.69, 9.17) is 4.74 Å². The zero-order valence-electron chi connectivity index (χ0n) is 15.8. The van der Waals surface area contributed by atoms with Gasteiger partial charge in [0.05, 0.1) is 18.3 Å². The number of hydrogen-bond donors (Lipinski definition) is 3. The molecule has 150 valence electrons. The van der Waals surface area contributed by atoms with Gasteiger partial charge in [-0.15, -0.1) is 11.8 Å². The molecule has 6 heteroatoms. The first kappa shape index (κ1) is 19.8. The third-order valence-corrected chi connectivity index (χ3v) is 6.25. The van der Waals surface area contributed by atoms with E-state index in [0.717, 1.165) is 10.8 Å². The summed E-state index contributed by atoms with van der Waals surface area (Å²) in [6.07, 6.45) is 0.467. The van der Waals surface area contributed by atoms with Crippen LogP contribution in [0.2, 0.25) is 0 Å². The van der Waals surface area contributed by atoms with Gasteiger partial charge >= 0.3 is 0 Å². The number of anilines is 1. The number of thioether (sulfide) groups is 1. The summed E-state index contributed by atoms with van der Waals surface area (Å²) in [6.45, 7) is -0.0132. The van der Waals surface area contributed by atoms with Gasteiger partial charge in [0.1, 0.15) is 11.2 Å². The lowest BCUT2D eigenvalue weighted by atomic mass is 10.0. The average molecular weight is 410 g/mol. The Bertz CT molecular complexity index is 995. The van der Waals surface area contributed by atoms with E-state index in [1.165, 1.54) is 11.8 Å². The summed E-state index contributed by atoms with van der Waals surface area (Å²) in [4.78, 5) is 13.0. The molecule has 1 heterocycles. The van der Waals surface area contributed by atoms with Gasteiger partial charge in [-0.2, -0.15) is 0 Å². The van der Waals surface area contributed by atoms with E-state index in [2.05, 4.69) is 5.32 Å². The van der Waals surface area contributed by atoms with Crippen molar-refractivity contribution in [2.24, 2.45) is 0 Å². The van der Waals surface area contributed by atoms with E-state index in [0.29, 0.717) is 29.8 Å². The highest BCUT2D eigenvalue weighted by atomic mass is 32.2. The van der Waals surface area contributed by atoms with E-state index >= 15 is 0 Å². The summed E-state index contributed by atoms with van der Waals surface area (Å²) in [5.74, 6) is 0.220. The summed E-state index contributed by atoms with van der Waals surface area (Å²) >= 11 is 1.50. The van der Waals surface area contributed by atoms with E-state index in [1.807, 2.05) is 66.7 Å². The average Bonchev–Trinajstić information content (AvgIpc) is 2.73. The molecular formula is C23H23NO4S.